The third kappa shape index (κ3) is 2.69. The molecule has 0 spiro atoms. The molecule has 3 aromatic rings. The minimum Gasteiger partial charge on any atom is -0.444 e. The van der Waals surface area contributed by atoms with Crippen molar-refractivity contribution in [2.24, 2.45) is 0 Å². The first-order valence-corrected chi connectivity index (χ1v) is 6.29. The highest BCUT2D eigenvalue weighted by Crippen LogP contribution is 2.21. The van der Waals surface area contributed by atoms with Gasteiger partial charge in [-0.2, -0.15) is 0 Å². The van der Waals surface area contributed by atoms with Crippen molar-refractivity contribution in [3.8, 4) is 11.3 Å². The monoisotopic (exact) mass is 268 g/mol. The van der Waals surface area contributed by atoms with Gasteiger partial charge in [-0.15, -0.1) is 0 Å². The molecule has 0 saturated carbocycles. The molecule has 0 aliphatic heterocycles. The molecule has 0 saturated heterocycles. The van der Waals surface area contributed by atoms with E-state index in [9.17, 15) is 4.39 Å². The Morgan fingerprint density at radius 3 is 2.55 bits per heavy atom. The quantitative estimate of drug-likeness (QED) is 0.774. The molecule has 1 aromatic heterocycles. The lowest BCUT2D eigenvalue weighted by Crippen LogP contribution is -2.01. The van der Waals surface area contributed by atoms with Crippen LogP contribution in [-0.4, -0.2) is 4.98 Å². The van der Waals surface area contributed by atoms with Gasteiger partial charge in [0.15, 0.2) is 12.2 Å². The average molecular weight is 268 g/mol. The number of aromatic nitrogens is 1. The summed E-state index contributed by atoms with van der Waals surface area (Å²) in [6.45, 7) is 0.453. The Labute approximate surface area is 116 Å². The lowest BCUT2D eigenvalue weighted by Gasteiger charge is -2.07. The van der Waals surface area contributed by atoms with Gasteiger partial charge in [-0.25, -0.2) is 9.37 Å². The van der Waals surface area contributed by atoms with E-state index in [0.717, 1.165) is 17.0 Å². The first-order valence-electron chi connectivity index (χ1n) is 6.29. The molecule has 0 radical (unpaired) electrons. The molecule has 0 unspecified atom stereocenters. The summed E-state index contributed by atoms with van der Waals surface area (Å²) in [5, 5.41) is 3.19. The van der Waals surface area contributed by atoms with Crippen molar-refractivity contribution < 1.29 is 8.81 Å². The topological polar surface area (TPSA) is 38.1 Å². The summed E-state index contributed by atoms with van der Waals surface area (Å²) in [6, 6.07) is 14.5. The van der Waals surface area contributed by atoms with Gasteiger partial charge in [-0.05, 0) is 30.3 Å². The minimum absolute atomic E-state index is 0.196. The van der Waals surface area contributed by atoms with Crippen LogP contribution in [0.25, 0.3) is 11.3 Å². The first-order chi connectivity index (χ1) is 9.83. The molecule has 0 amide bonds. The zero-order chi connectivity index (χ0) is 13.8. The van der Waals surface area contributed by atoms with Crippen molar-refractivity contribution in [1.29, 1.82) is 0 Å². The third-order valence-electron chi connectivity index (χ3n) is 3.04. The second kappa shape index (κ2) is 5.57. The van der Waals surface area contributed by atoms with Gasteiger partial charge < -0.3 is 9.73 Å². The summed E-state index contributed by atoms with van der Waals surface area (Å²) >= 11 is 0. The molecule has 4 heteroatoms. The maximum Gasteiger partial charge on any atom is 0.181 e. The van der Waals surface area contributed by atoms with Crippen molar-refractivity contribution in [2.45, 2.75) is 6.54 Å². The second-order valence-corrected chi connectivity index (χ2v) is 4.39. The highest BCUT2D eigenvalue weighted by atomic mass is 19.1. The molecule has 3 nitrogen and oxygen atoms in total. The summed E-state index contributed by atoms with van der Waals surface area (Å²) in [4.78, 5) is 3.88. The molecule has 100 valence electrons. The normalized spacial score (nSPS) is 10.4. The standard InChI is InChI=1S/C16H13FN2O/c17-15-4-2-1-3-13(15)9-19-14-7-5-12(6-8-14)16-10-18-11-20-16/h1-8,10-11,19H,9H2. The number of rotatable bonds is 4. The van der Waals surface area contributed by atoms with Gasteiger partial charge in [-0.3, -0.25) is 0 Å². The van der Waals surface area contributed by atoms with E-state index in [2.05, 4.69) is 10.3 Å². The average Bonchev–Trinajstić information content (AvgIpc) is 3.01. The zero-order valence-corrected chi connectivity index (χ0v) is 10.7. The molecule has 0 atom stereocenters. The van der Waals surface area contributed by atoms with E-state index in [0.29, 0.717) is 12.1 Å². The fourth-order valence-corrected chi connectivity index (χ4v) is 1.95. The SMILES string of the molecule is Fc1ccccc1CNc1ccc(-c2cnco2)cc1. The van der Waals surface area contributed by atoms with Gasteiger partial charge in [0.1, 0.15) is 5.82 Å². The molecule has 3 rings (SSSR count). The van der Waals surface area contributed by atoms with Crippen molar-refractivity contribution in [1.82, 2.24) is 4.98 Å². The lowest BCUT2D eigenvalue weighted by atomic mass is 10.1. The molecule has 0 fully saturated rings. The van der Waals surface area contributed by atoms with E-state index in [4.69, 9.17) is 4.42 Å². The van der Waals surface area contributed by atoms with E-state index in [1.807, 2.05) is 30.3 Å². The number of oxazole rings is 1. The number of anilines is 1. The van der Waals surface area contributed by atoms with Crippen molar-refractivity contribution in [3.05, 3.63) is 72.5 Å². The summed E-state index contributed by atoms with van der Waals surface area (Å²) in [5.41, 5.74) is 2.53. The Balaban J connectivity index is 1.68. The van der Waals surface area contributed by atoms with Gasteiger partial charge >= 0.3 is 0 Å². The largest absolute Gasteiger partial charge is 0.444 e. The van der Waals surface area contributed by atoms with Gasteiger partial charge in [0.25, 0.3) is 0 Å². The van der Waals surface area contributed by atoms with Gasteiger partial charge in [0.2, 0.25) is 0 Å². The number of hydrogen-bond donors (Lipinski definition) is 1. The van der Waals surface area contributed by atoms with Crippen LogP contribution in [0.15, 0.2) is 65.5 Å². The molecular formula is C16H13FN2O. The Morgan fingerprint density at radius 2 is 1.85 bits per heavy atom. The summed E-state index contributed by atoms with van der Waals surface area (Å²) in [7, 11) is 0. The molecule has 0 bridgehead atoms. The van der Waals surface area contributed by atoms with Gasteiger partial charge in [0.05, 0.1) is 6.20 Å². The van der Waals surface area contributed by atoms with Crippen LogP contribution in [0.5, 0.6) is 0 Å². The van der Waals surface area contributed by atoms with Crippen LogP contribution in [0.4, 0.5) is 10.1 Å². The van der Waals surface area contributed by atoms with E-state index in [1.165, 1.54) is 12.5 Å². The lowest BCUT2D eigenvalue weighted by molar-refractivity contribution is 0.572. The Kier molecular flexibility index (Phi) is 3.46. The highest BCUT2D eigenvalue weighted by Gasteiger charge is 2.02. The van der Waals surface area contributed by atoms with Crippen molar-refractivity contribution in [2.75, 3.05) is 5.32 Å². The van der Waals surface area contributed by atoms with Crippen LogP contribution in [0, 0.1) is 5.82 Å². The number of halogens is 1. The zero-order valence-electron chi connectivity index (χ0n) is 10.7. The molecule has 0 aliphatic rings. The van der Waals surface area contributed by atoms with E-state index < -0.39 is 0 Å². The van der Waals surface area contributed by atoms with Crippen LogP contribution in [0.1, 0.15) is 5.56 Å². The Hall–Kier alpha value is -2.62. The predicted octanol–water partition coefficient (Wildman–Crippen LogP) is 4.09. The fraction of sp³-hybridized carbons (Fsp3) is 0.0625. The third-order valence-corrected chi connectivity index (χ3v) is 3.04. The smallest absolute Gasteiger partial charge is 0.181 e. The number of benzene rings is 2. The van der Waals surface area contributed by atoms with E-state index in [1.54, 1.807) is 18.3 Å². The first kappa shape index (κ1) is 12.4. The van der Waals surface area contributed by atoms with Crippen LogP contribution in [0.2, 0.25) is 0 Å². The Bertz CT molecular complexity index is 678. The van der Waals surface area contributed by atoms with Crippen LogP contribution < -0.4 is 5.32 Å². The Morgan fingerprint density at radius 1 is 1.05 bits per heavy atom. The van der Waals surface area contributed by atoms with E-state index in [-0.39, 0.29) is 5.82 Å². The number of hydrogen-bond acceptors (Lipinski definition) is 3. The second-order valence-electron chi connectivity index (χ2n) is 4.39. The van der Waals surface area contributed by atoms with Crippen LogP contribution >= 0.6 is 0 Å². The molecule has 1 heterocycles. The van der Waals surface area contributed by atoms with Crippen molar-refractivity contribution >= 4 is 5.69 Å². The van der Waals surface area contributed by atoms with Crippen molar-refractivity contribution in [3.63, 3.8) is 0 Å². The van der Waals surface area contributed by atoms with E-state index >= 15 is 0 Å². The fourth-order valence-electron chi connectivity index (χ4n) is 1.95. The molecule has 0 aliphatic carbocycles. The van der Waals surface area contributed by atoms with Crippen LogP contribution in [0.3, 0.4) is 0 Å². The molecule has 20 heavy (non-hydrogen) atoms. The number of nitrogens with one attached hydrogen (secondary N) is 1. The minimum atomic E-state index is -0.196. The van der Waals surface area contributed by atoms with Crippen LogP contribution in [-0.2, 0) is 6.54 Å². The summed E-state index contributed by atoms with van der Waals surface area (Å²) in [5.74, 6) is 0.531. The summed E-state index contributed by atoms with van der Waals surface area (Å²) in [6.07, 6.45) is 3.07. The molecule has 1 N–H and O–H groups in total. The predicted molar refractivity (Wildman–Crippen MR) is 75.7 cm³/mol. The molecular weight excluding hydrogens is 255 g/mol. The summed E-state index contributed by atoms with van der Waals surface area (Å²) < 4.78 is 18.7. The maximum absolute atomic E-state index is 13.5. The highest BCUT2D eigenvalue weighted by molar-refractivity contribution is 5.60. The maximum atomic E-state index is 13.5. The van der Waals surface area contributed by atoms with Gasteiger partial charge in [-0.1, -0.05) is 18.2 Å². The van der Waals surface area contributed by atoms with Gasteiger partial charge in [0, 0.05) is 23.4 Å². The number of nitrogens with zero attached hydrogens (tertiary/aromatic N) is 1. The molecule has 2 aromatic carbocycles.